The molecule has 1 atom stereocenters. The number of rotatable bonds is 6. The lowest BCUT2D eigenvalue weighted by Gasteiger charge is -2.26. The van der Waals surface area contributed by atoms with Gasteiger partial charge >= 0.3 is 0 Å². The molecule has 0 fully saturated rings. The van der Waals surface area contributed by atoms with Gasteiger partial charge in [-0.25, -0.2) is 0 Å². The van der Waals surface area contributed by atoms with E-state index in [0.717, 1.165) is 16.0 Å². The molecule has 2 aromatic heterocycles. The van der Waals surface area contributed by atoms with Crippen molar-refractivity contribution in [3.63, 3.8) is 0 Å². The molecule has 27 heavy (non-hydrogen) atoms. The Morgan fingerprint density at radius 2 is 2.11 bits per heavy atom. The predicted molar refractivity (Wildman–Crippen MR) is 106 cm³/mol. The maximum Gasteiger partial charge on any atom is 0.244 e. The van der Waals surface area contributed by atoms with Crippen LogP contribution >= 0.6 is 22.7 Å². The fraction of sp³-hybridized carbons (Fsp3) is 0.150. The lowest BCUT2D eigenvalue weighted by molar-refractivity contribution is -0.117. The minimum Gasteiger partial charge on any atom is -0.454 e. The van der Waals surface area contributed by atoms with Gasteiger partial charge in [0.25, 0.3) is 0 Å². The van der Waals surface area contributed by atoms with Gasteiger partial charge in [0.15, 0.2) is 11.5 Å². The van der Waals surface area contributed by atoms with Crippen molar-refractivity contribution in [2.24, 2.45) is 0 Å². The number of ether oxygens (including phenoxy) is 2. The van der Waals surface area contributed by atoms with Gasteiger partial charge in [-0.2, -0.15) is 11.3 Å². The number of amides is 1. The first kappa shape index (κ1) is 17.8. The van der Waals surface area contributed by atoms with Crippen LogP contribution in [0.4, 0.5) is 0 Å². The van der Waals surface area contributed by atoms with E-state index >= 15 is 0 Å². The third-order valence-electron chi connectivity index (χ3n) is 4.27. The standard InChI is InChI=1S/C20H17NO4S2/c22-19(6-4-14-3-5-16-17(10-14)25-13-24-16)21-12-20(23,15-7-9-26-11-15)18-2-1-8-27-18/h1-11,23H,12-13H2,(H,21,22)/b6-4+/t20-/m0/s1. The van der Waals surface area contributed by atoms with Gasteiger partial charge in [0, 0.05) is 16.5 Å². The summed E-state index contributed by atoms with van der Waals surface area (Å²) in [5.41, 5.74) is 0.368. The molecule has 3 aromatic rings. The van der Waals surface area contributed by atoms with E-state index in [1.807, 2.05) is 52.5 Å². The average molecular weight is 399 g/mol. The monoisotopic (exact) mass is 399 g/mol. The molecule has 1 aliphatic rings. The molecule has 0 saturated carbocycles. The quantitative estimate of drug-likeness (QED) is 0.622. The lowest BCUT2D eigenvalue weighted by atomic mass is 9.94. The Morgan fingerprint density at radius 1 is 1.22 bits per heavy atom. The summed E-state index contributed by atoms with van der Waals surface area (Å²) in [4.78, 5) is 13.1. The van der Waals surface area contributed by atoms with E-state index in [0.29, 0.717) is 11.5 Å². The Morgan fingerprint density at radius 3 is 2.89 bits per heavy atom. The smallest absolute Gasteiger partial charge is 0.244 e. The summed E-state index contributed by atoms with van der Waals surface area (Å²) < 4.78 is 10.6. The summed E-state index contributed by atoms with van der Waals surface area (Å²) in [7, 11) is 0. The number of carbonyl (C=O) groups is 1. The first-order valence-corrected chi connectivity index (χ1v) is 10.1. The first-order valence-electron chi connectivity index (χ1n) is 8.30. The highest BCUT2D eigenvalue weighted by Gasteiger charge is 2.33. The van der Waals surface area contributed by atoms with Gasteiger partial charge in [-0.05, 0) is 52.0 Å². The van der Waals surface area contributed by atoms with E-state index in [4.69, 9.17) is 9.47 Å². The van der Waals surface area contributed by atoms with Crippen LogP contribution in [0.15, 0.2) is 58.6 Å². The van der Waals surface area contributed by atoms with Crippen LogP contribution in [0.25, 0.3) is 6.08 Å². The zero-order valence-corrected chi connectivity index (χ0v) is 15.9. The Balaban J connectivity index is 1.44. The van der Waals surface area contributed by atoms with Gasteiger partial charge in [0.1, 0.15) is 5.60 Å². The van der Waals surface area contributed by atoms with Crippen molar-refractivity contribution in [3.05, 3.63) is 74.6 Å². The molecule has 4 rings (SSSR count). The third-order valence-corrected chi connectivity index (χ3v) is 5.97. The van der Waals surface area contributed by atoms with Crippen molar-refractivity contribution in [1.82, 2.24) is 5.32 Å². The molecule has 0 unspecified atom stereocenters. The van der Waals surface area contributed by atoms with Crippen LogP contribution in [0.1, 0.15) is 16.0 Å². The number of hydrogen-bond acceptors (Lipinski definition) is 6. The first-order chi connectivity index (χ1) is 13.1. The number of fused-ring (bicyclic) bond motifs is 1. The summed E-state index contributed by atoms with van der Waals surface area (Å²) >= 11 is 2.97. The third kappa shape index (κ3) is 3.75. The van der Waals surface area contributed by atoms with Crippen LogP contribution in [-0.4, -0.2) is 24.4 Å². The van der Waals surface area contributed by atoms with Crippen LogP contribution in [0, 0.1) is 0 Å². The Bertz CT molecular complexity index is 914. The van der Waals surface area contributed by atoms with E-state index in [2.05, 4.69) is 5.32 Å². The predicted octanol–water partition coefficient (Wildman–Crippen LogP) is 3.60. The van der Waals surface area contributed by atoms with Crippen molar-refractivity contribution in [3.8, 4) is 11.5 Å². The molecule has 3 heterocycles. The van der Waals surface area contributed by atoms with Crippen molar-refractivity contribution < 1.29 is 19.4 Å². The number of thiophene rings is 2. The van der Waals surface area contributed by atoms with Crippen molar-refractivity contribution >= 4 is 34.7 Å². The van der Waals surface area contributed by atoms with E-state index < -0.39 is 5.60 Å². The van der Waals surface area contributed by atoms with Crippen LogP contribution < -0.4 is 14.8 Å². The largest absolute Gasteiger partial charge is 0.454 e. The second-order valence-electron chi connectivity index (χ2n) is 6.01. The van der Waals surface area contributed by atoms with E-state index in [-0.39, 0.29) is 19.2 Å². The lowest BCUT2D eigenvalue weighted by Crippen LogP contribution is -2.40. The van der Waals surface area contributed by atoms with Crippen molar-refractivity contribution in [2.45, 2.75) is 5.60 Å². The molecule has 0 saturated heterocycles. The van der Waals surface area contributed by atoms with E-state index in [1.165, 1.54) is 28.7 Å². The number of nitrogens with one attached hydrogen (secondary N) is 1. The van der Waals surface area contributed by atoms with Gasteiger partial charge in [-0.3, -0.25) is 4.79 Å². The normalized spacial score (nSPS) is 15.0. The summed E-state index contributed by atoms with van der Waals surface area (Å²) in [6, 6.07) is 11.1. The number of hydrogen-bond donors (Lipinski definition) is 2. The molecule has 0 aliphatic carbocycles. The van der Waals surface area contributed by atoms with Crippen molar-refractivity contribution in [2.75, 3.05) is 13.3 Å². The highest BCUT2D eigenvalue weighted by atomic mass is 32.1. The molecule has 1 amide bonds. The minimum atomic E-state index is -1.24. The van der Waals surface area contributed by atoms with Crippen LogP contribution in [-0.2, 0) is 10.4 Å². The molecular formula is C20H17NO4S2. The summed E-state index contributed by atoms with van der Waals surface area (Å²) in [5.74, 6) is 1.09. The highest BCUT2D eigenvalue weighted by molar-refractivity contribution is 7.10. The topological polar surface area (TPSA) is 67.8 Å². The summed E-state index contributed by atoms with van der Waals surface area (Å²) in [6.45, 7) is 0.307. The zero-order valence-electron chi connectivity index (χ0n) is 14.3. The SMILES string of the molecule is O=C(/C=C/c1ccc2c(c1)OCO2)NC[C@](O)(c1ccsc1)c1cccs1. The molecule has 0 bridgehead atoms. The fourth-order valence-electron chi connectivity index (χ4n) is 2.81. The van der Waals surface area contributed by atoms with Crippen molar-refractivity contribution in [1.29, 1.82) is 0 Å². The second kappa shape index (κ2) is 7.56. The Labute approximate surface area is 164 Å². The van der Waals surface area contributed by atoms with E-state index in [9.17, 15) is 9.90 Å². The summed E-state index contributed by atoms with van der Waals surface area (Å²) in [5, 5.41) is 19.7. The maximum absolute atomic E-state index is 12.3. The minimum absolute atomic E-state index is 0.0918. The second-order valence-corrected chi connectivity index (χ2v) is 7.74. The van der Waals surface area contributed by atoms with Gasteiger partial charge in [0.2, 0.25) is 12.7 Å². The van der Waals surface area contributed by atoms with Crippen LogP contribution in [0.3, 0.4) is 0 Å². The Hall–Kier alpha value is -2.61. The van der Waals surface area contributed by atoms with Gasteiger partial charge in [-0.15, -0.1) is 11.3 Å². The molecule has 138 valence electrons. The molecule has 5 nitrogen and oxygen atoms in total. The van der Waals surface area contributed by atoms with E-state index in [1.54, 1.807) is 6.08 Å². The number of aliphatic hydroxyl groups is 1. The number of carbonyl (C=O) groups excluding carboxylic acids is 1. The average Bonchev–Trinajstić information content (AvgIpc) is 3.45. The van der Waals surface area contributed by atoms with Crippen LogP contribution in [0.2, 0.25) is 0 Å². The maximum atomic E-state index is 12.3. The number of benzene rings is 1. The molecule has 7 heteroatoms. The molecule has 2 N–H and O–H groups in total. The molecule has 1 aromatic carbocycles. The van der Waals surface area contributed by atoms with Crippen LogP contribution in [0.5, 0.6) is 11.5 Å². The van der Waals surface area contributed by atoms with Gasteiger partial charge < -0.3 is 19.9 Å². The summed E-state index contributed by atoms with van der Waals surface area (Å²) in [6.07, 6.45) is 3.14. The molecular weight excluding hydrogens is 382 g/mol. The Kier molecular flexibility index (Phi) is 4.98. The highest BCUT2D eigenvalue weighted by Crippen LogP contribution is 2.34. The molecule has 0 radical (unpaired) electrons. The molecule has 0 spiro atoms. The van der Waals surface area contributed by atoms with Gasteiger partial charge in [-0.1, -0.05) is 12.1 Å². The molecule has 1 aliphatic heterocycles. The zero-order chi connectivity index (χ0) is 18.7. The van der Waals surface area contributed by atoms with Gasteiger partial charge in [0.05, 0.1) is 6.54 Å². The fourth-order valence-corrected chi connectivity index (χ4v) is 4.38.